The van der Waals surface area contributed by atoms with Crippen LogP contribution in [0.25, 0.3) is 10.9 Å². The van der Waals surface area contributed by atoms with Gasteiger partial charge in [-0.3, -0.25) is 9.88 Å². The third-order valence-corrected chi connectivity index (χ3v) is 8.01. The number of piperazine rings is 1. The van der Waals surface area contributed by atoms with Crippen molar-refractivity contribution in [1.82, 2.24) is 20.2 Å². The molecule has 5 heterocycles. The van der Waals surface area contributed by atoms with Crippen LogP contribution in [0, 0.1) is 11.3 Å². The van der Waals surface area contributed by atoms with Crippen molar-refractivity contribution in [3.05, 3.63) is 59.4 Å². The van der Waals surface area contributed by atoms with Gasteiger partial charge < -0.3 is 19.9 Å². The normalized spacial score (nSPS) is 24.6. The average molecular weight is 498 g/mol. The van der Waals surface area contributed by atoms with Gasteiger partial charge in [0.25, 0.3) is 0 Å². The number of fused-ring (bicyclic) bond motifs is 2. The zero-order valence-electron chi connectivity index (χ0n) is 21.7. The molecule has 0 saturated carbocycles. The van der Waals surface area contributed by atoms with Gasteiger partial charge in [-0.2, -0.15) is 5.26 Å². The Labute approximate surface area is 218 Å². The maximum atomic E-state index is 9.52. The standard InChI is InChI=1S/C29H35N7O/c1-20-17-36(27-6-5-23(15-30)29-25(27)4-3-8-32-29)19-24(37-20)18-34-10-12-35(13-11-34)28-14-22-7-9-31-21(2)26(22)16-33-28/h3-6,8,14,16,20-21,24,31H,7,9-13,17-19H2,1-2H3/t20-,21+,24+/m1/s1. The Hall–Kier alpha value is -3.25. The quantitative estimate of drug-likeness (QED) is 0.589. The summed E-state index contributed by atoms with van der Waals surface area (Å²) in [5.41, 5.74) is 5.31. The van der Waals surface area contributed by atoms with Crippen LogP contribution in [0.4, 0.5) is 11.5 Å². The average Bonchev–Trinajstić information content (AvgIpc) is 2.92. The van der Waals surface area contributed by atoms with E-state index in [2.05, 4.69) is 69.3 Å². The van der Waals surface area contributed by atoms with E-state index in [9.17, 15) is 5.26 Å². The molecule has 8 heteroatoms. The minimum absolute atomic E-state index is 0.133. The molecule has 1 N–H and O–H groups in total. The zero-order valence-corrected chi connectivity index (χ0v) is 21.7. The van der Waals surface area contributed by atoms with Crippen molar-refractivity contribution in [3.63, 3.8) is 0 Å². The number of rotatable bonds is 4. The van der Waals surface area contributed by atoms with E-state index in [0.717, 1.165) is 81.2 Å². The van der Waals surface area contributed by atoms with E-state index >= 15 is 0 Å². The van der Waals surface area contributed by atoms with E-state index in [1.807, 2.05) is 12.1 Å². The minimum atomic E-state index is 0.133. The van der Waals surface area contributed by atoms with Gasteiger partial charge in [0.05, 0.1) is 23.3 Å². The molecule has 0 spiro atoms. The Morgan fingerprint density at radius 1 is 1.08 bits per heavy atom. The third kappa shape index (κ3) is 4.87. The molecule has 2 aromatic heterocycles. The fourth-order valence-corrected chi connectivity index (χ4v) is 6.12. The number of hydrogen-bond donors (Lipinski definition) is 1. The second-order valence-electron chi connectivity index (χ2n) is 10.6. The van der Waals surface area contributed by atoms with E-state index in [4.69, 9.17) is 9.72 Å². The van der Waals surface area contributed by atoms with Crippen LogP contribution in [-0.4, -0.2) is 79.4 Å². The van der Waals surface area contributed by atoms with Crippen LogP contribution >= 0.6 is 0 Å². The Morgan fingerprint density at radius 3 is 2.78 bits per heavy atom. The summed E-state index contributed by atoms with van der Waals surface area (Å²) in [6, 6.07) is 13.0. The summed E-state index contributed by atoms with van der Waals surface area (Å²) in [7, 11) is 0. The highest BCUT2D eigenvalue weighted by atomic mass is 16.5. The first kappa shape index (κ1) is 24.1. The van der Waals surface area contributed by atoms with Crippen molar-refractivity contribution in [2.45, 2.75) is 38.5 Å². The number of nitrogens with zero attached hydrogens (tertiary/aromatic N) is 6. The monoisotopic (exact) mass is 497 g/mol. The van der Waals surface area contributed by atoms with Gasteiger partial charge in [0.15, 0.2) is 0 Å². The molecule has 37 heavy (non-hydrogen) atoms. The van der Waals surface area contributed by atoms with Gasteiger partial charge in [0, 0.05) is 75.3 Å². The first-order chi connectivity index (χ1) is 18.1. The fraction of sp³-hybridized carbons (Fsp3) is 0.483. The van der Waals surface area contributed by atoms with E-state index in [1.165, 1.54) is 11.1 Å². The minimum Gasteiger partial charge on any atom is -0.370 e. The molecule has 8 nitrogen and oxygen atoms in total. The molecule has 3 aromatic rings. The summed E-state index contributed by atoms with van der Waals surface area (Å²) in [4.78, 5) is 16.7. The van der Waals surface area contributed by atoms with Crippen molar-refractivity contribution in [2.75, 3.05) is 62.2 Å². The fourth-order valence-electron chi connectivity index (χ4n) is 6.12. The molecule has 0 unspecified atom stereocenters. The first-order valence-corrected chi connectivity index (χ1v) is 13.5. The van der Waals surface area contributed by atoms with Gasteiger partial charge in [-0.1, -0.05) is 0 Å². The number of benzene rings is 1. The number of nitriles is 1. The molecule has 3 atom stereocenters. The van der Waals surface area contributed by atoms with Crippen LogP contribution in [-0.2, 0) is 11.2 Å². The predicted octanol–water partition coefficient (Wildman–Crippen LogP) is 3.12. The number of morpholine rings is 1. The molecule has 3 aliphatic rings. The SMILES string of the molecule is C[C@@H]1CN(c2ccc(C#N)c3ncccc23)C[C@H](CN2CCN(c3cc4c(cn3)[C@H](C)NCC4)CC2)O1. The maximum absolute atomic E-state index is 9.52. The second-order valence-corrected chi connectivity index (χ2v) is 10.6. The third-order valence-electron chi connectivity index (χ3n) is 8.01. The molecule has 3 aliphatic heterocycles. The van der Waals surface area contributed by atoms with E-state index in [1.54, 1.807) is 6.20 Å². The molecular formula is C29H35N7O. The van der Waals surface area contributed by atoms with Crippen LogP contribution in [0.5, 0.6) is 0 Å². The van der Waals surface area contributed by atoms with E-state index in [-0.39, 0.29) is 12.2 Å². The van der Waals surface area contributed by atoms with E-state index < -0.39 is 0 Å². The summed E-state index contributed by atoms with van der Waals surface area (Å²) in [6.45, 7) is 12.0. The summed E-state index contributed by atoms with van der Waals surface area (Å²) < 4.78 is 6.40. The van der Waals surface area contributed by atoms with Crippen LogP contribution in [0.3, 0.4) is 0 Å². The van der Waals surface area contributed by atoms with Crippen LogP contribution in [0.2, 0.25) is 0 Å². The first-order valence-electron chi connectivity index (χ1n) is 13.5. The molecule has 0 radical (unpaired) electrons. The topological polar surface area (TPSA) is 80.6 Å². The second kappa shape index (κ2) is 10.3. The van der Waals surface area contributed by atoms with E-state index in [0.29, 0.717) is 11.6 Å². The lowest BCUT2D eigenvalue weighted by Crippen LogP contribution is -2.54. The number of hydrogen-bond acceptors (Lipinski definition) is 8. The van der Waals surface area contributed by atoms with Gasteiger partial charge >= 0.3 is 0 Å². The van der Waals surface area contributed by atoms with Crippen LogP contribution < -0.4 is 15.1 Å². The van der Waals surface area contributed by atoms with Gasteiger partial charge in [0.1, 0.15) is 11.9 Å². The highest BCUT2D eigenvalue weighted by Gasteiger charge is 2.30. The molecule has 0 aliphatic carbocycles. The summed E-state index contributed by atoms with van der Waals surface area (Å²) >= 11 is 0. The molecular weight excluding hydrogens is 462 g/mol. The zero-order chi connectivity index (χ0) is 25.4. The number of aromatic nitrogens is 2. The van der Waals surface area contributed by atoms with Crippen molar-refractivity contribution < 1.29 is 4.74 Å². The smallest absolute Gasteiger partial charge is 0.128 e. The maximum Gasteiger partial charge on any atom is 0.128 e. The molecule has 0 amide bonds. The summed E-state index contributed by atoms with van der Waals surface area (Å²) in [5, 5.41) is 14.1. The molecule has 6 rings (SSSR count). The Bertz CT molecular complexity index is 1310. The number of nitrogens with one attached hydrogen (secondary N) is 1. The van der Waals surface area contributed by atoms with Crippen molar-refractivity contribution in [2.24, 2.45) is 0 Å². The van der Waals surface area contributed by atoms with Crippen LogP contribution in [0.1, 0.15) is 36.6 Å². The highest BCUT2D eigenvalue weighted by molar-refractivity contribution is 5.95. The largest absolute Gasteiger partial charge is 0.370 e. The Balaban J connectivity index is 1.11. The van der Waals surface area contributed by atoms with Crippen molar-refractivity contribution >= 4 is 22.4 Å². The lowest BCUT2D eigenvalue weighted by atomic mass is 9.97. The summed E-state index contributed by atoms with van der Waals surface area (Å²) in [6.07, 6.45) is 5.18. The van der Waals surface area contributed by atoms with Gasteiger partial charge in [-0.15, -0.1) is 0 Å². The predicted molar refractivity (Wildman–Crippen MR) is 146 cm³/mol. The van der Waals surface area contributed by atoms with Gasteiger partial charge in [0.2, 0.25) is 0 Å². The lowest BCUT2D eigenvalue weighted by Gasteiger charge is -2.42. The Kier molecular flexibility index (Phi) is 6.68. The van der Waals surface area contributed by atoms with Crippen LogP contribution in [0.15, 0.2) is 42.7 Å². The van der Waals surface area contributed by atoms with Crippen molar-refractivity contribution in [1.29, 1.82) is 5.26 Å². The van der Waals surface area contributed by atoms with Crippen molar-refractivity contribution in [3.8, 4) is 6.07 Å². The van der Waals surface area contributed by atoms with Gasteiger partial charge in [-0.05, 0) is 68.3 Å². The van der Waals surface area contributed by atoms with Gasteiger partial charge in [-0.25, -0.2) is 4.98 Å². The molecule has 2 saturated heterocycles. The molecule has 192 valence electrons. The Morgan fingerprint density at radius 2 is 1.95 bits per heavy atom. The summed E-state index contributed by atoms with van der Waals surface area (Å²) in [5.74, 6) is 1.11. The molecule has 0 bridgehead atoms. The molecule has 1 aromatic carbocycles. The number of anilines is 2. The number of ether oxygens (including phenoxy) is 1. The number of pyridine rings is 2. The molecule has 2 fully saturated rings. The highest BCUT2D eigenvalue weighted by Crippen LogP contribution is 2.31. The lowest BCUT2D eigenvalue weighted by molar-refractivity contribution is -0.0327.